The van der Waals surface area contributed by atoms with Crippen LogP contribution in [0.5, 0.6) is 0 Å². The van der Waals surface area contributed by atoms with Gasteiger partial charge in [-0.1, -0.05) is 0 Å². The number of nitro groups is 1. The van der Waals surface area contributed by atoms with Crippen LogP contribution >= 0.6 is 0 Å². The smallest absolute Gasteiger partial charge is 0.269 e. The van der Waals surface area contributed by atoms with Crippen molar-refractivity contribution in [3.63, 3.8) is 0 Å². The van der Waals surface area contributed by atoms with E-state index in [2.05, 4.69) is 0 Å². The number of nitriles is 1. The number of hydrogen-bond donors (Lipinski definition) is 0. The maximum Gasteiger partial charge on any atom is 0.269 e. The van der Waals surface area contributed by atoms with Gasteiger partial charge in [-0.05, 0) is 12.1 Å². The number of amides is 1. The zero-order valence-electron chi connectivity index (χ0n) is 10.8. The zero-order chi connectivity index (χ0) is 15.1. The molecule has 1 amide bonds. The second-order valence-electron chi connectivity index (χ2n) is 3.96. The fraction of sp³-hybridized carbons (Fsp3) is 0.333. The molecule has 1 atom stereocenters. The third-order valence-electron chi connectivity index (χ3n) is 2.55. The van der Waals surface area contributed by atoms with Crippen LogP contribution < -0.4 is 0 Å². The number of rotatable bonds is 6. The highest BCUT2D eigenvalue weighted by Gasteiger charge is 2.15. The Morgan fingerprint density at radius 1 is 1.45 bits per heavy atom. The molecular formula is C12H13N3O4S. The second-order valence-corrected chi connectivity index (χ2v) is 5.42. The van der Waals surface area contributed by atoms with Crippen molar-refractivity contribution < 1.29 is 13.9 Å². The van der Waals surface area contributed by atoms with E-state index in [0.717, 1.165) is 0 Å². The first-order valence-corrected chi connectivity index (χ1v) is 7.01. The Hall–Kier alpha value is -2.27. The van der Waals surface area contributed by atoms with Gasteiger partial charge in [-0.2, -0.15) is 5.26 Å². The number of hydrogen-bond acceptors (Lipinski definition) is 5. The SMILES string of the molecule is CN(CCC#N)C(=O)CS(=O)c1ccc([N+](=O)[O-])cc1. The summed E-state index contributed by atoms with van der Waals surface area (Å²) >= 11 is 0. The molecule has 20 heavy (non-hydrogen) atoms. The summed E-state index contributed by atoms with van der Waals surface area (Å²) < 4.78 is 11.9. The summed E-state index contributed by atoms with van der Waals surface area (Å²) in [6.07, 6.45) is 0.215. The maximum atomic E-state index is 11.9. The molecule has 0 heterocycles. The summed E-state index contributed by atoms with van der Waals surface area (Å²) in [5, 5.41) is 18.9. The zero-order valence-corrected chi connectivity index (χ0v) is 11.6. The minimum Gasteiger partial charge on any atom is -0.344 e. The van der Waals surface area contributed by atoms with E-state index in [4.69, 9.17) is 5.26 Å². The predicted molar refractivity (Wildman–Crippen MR) is 72.2 cm³/mol. The molecule has 0 aromatic heterocycles. The Balaban J connectivity index is 2.64. The monoisotopic (exact) mass is 295 g/mol. The number of nitro benzene ring substituents is 1. The quantitative estimate of drug-likeness (QED) is 0.576. The first-order valence-electron chi connectivity index (χ1n) is 5.69. The Labute approximate surface area is 118 Å². The highest BCUT2D eigenvalue weighted by atomic mass is 32.2. The first-order chi connectivity index (χ1) is 9.45. The largest absolute Gasteiger partial charge is 0.344 e. The Morgan fingerprint density at radius 3 is 2.55 bits per heavy atom. The fourth-order valence-electron chi connectivity index (χ4n) is 1.37. The van der Waals surface area contributed by atoms with Crippen molar-refractivity contribution >= 4 is 22.4 Å². The highest BCUT2D eigenvalue weighted by Crippen LogP contribution is 2.14. The molecule has 1 aromatic rings. The van der Waals surface area contributed by atoms with Crippen LogP contribution in [-0.4, -0.2) is 39.3 Å². The lowest BCUT2D eigenvalue weighted by Gasteiger charge is -2.14. The van der Waals surface area contributed by atoms with Gasteiger partial charge in [-0.25, -0.2) is 0 Å². The van der Waals surface area contributed by atoms with Crippen LogP contribution in [0.2, 0.25) is 0 Å². The number of nitrogens with zero attached hydrogens (tertiary/aromatic N) is 3. The van der Waals surface area contributed by atoms with Crippen molar-refractivity contribution in [3.05, 3.63) is 34.4 Å². The fourth-order valence-corrected chi connectivity index (χ4v) is 2.42. The minimum absolute atomic E-state index is 0.0942. The van der Waals surface area contributed by atoms with Gasteiger partial charge in [0, 0.05) is 30.6 Å². The molecule has 8 heteroatoms. The Bertz CT molecular complexity index is 565. The van der Waals surface area contributed by atoms with Crippen LogP contribution in [-0.2, 0) is 15.6 Å². The molecule has 0 bridgehead atoms. The van der Waals surface area contributed by atoms with Gasteiger partial charge in [0.05, 0.1) is 28.2 Å². The summed E-state index contributed by atoms with van der Waals surface area (Å²) in [5.74, 6) is -0.545. The number of carbonyl (C=O) groups is 1. The van der Waals surface area contributed by atoms with Crippen LogP contribution in [0.1, 0.15) is 6.42 Å². The van der Waals surface area contributed by atoms with E-state index in [0.29, 0.717) is 4.90 Å². The van der Waals surface area contributed by atoms with Crippen LogP contribution in [0.3, 0.4) is 0 Å². The van der Waals surface area contributed by atoms with Gasteiger partial charge in [-0.3, -0.25) is 19.1 Å². The predicted octanol–water partition coefficient (Wildman–Crippen LogP) is 1.07. The maximum absolute atomic E-state index is 11.9. The molecular weight excluding hydrogens is 282 g/mol. The molecule has 0 aliphatic carbocycles. The number of non-ortho nitro benzene ring substituents is 1. The van der Waals surface area contributed by atoms with Gasteiger partial charge >= 0.3 is 0 Å². The highest BCUT2D eigenvalue weighted by molar-refractivity contribution is 7.85. The van der Waals surface area contributed by atoms with Gasteiger partial charge < -0.3 is 4.90 Å². The van der Waals surface area contributed by atoms with Crippen molar-refractivity contribution in [2.24, 2.45) is 0 Å². The molecule has 1 unspecified atom stereocenters. The van der Waals surface area contributed by atoms with Gasteiger partial charge in [0.15, 0.2) is 0 Å². The summed E-state index contributed by atoms with van der Waals surface area (Å²) in [7, 11) is -0.0234. The average molecular weight is 295 g/mol. The molecule has 1 aromatic carbocycles. The van der Waals surface area contributed by atoms with E-state index >= 15 is 0 Å². The van der Waals surface area contributed by atoms with Gasteiger partial charge in [0.1, 0.15) is 5.75 Å². The van der Waals surface area contributed by atoms with E-state index in [1.807, 2.05) is 6.07 Å². The molecule has 0 saturated heterocycles. The third kappa shape index (κ3) is 4.44. The summed E-state index contributed by atoms with van der Waals surface area (Å²) in [6.45, 7) is 0.285. The lowest BCUT2D eigenvalue weighted by molar-refractivity contribution is -0.384. The van der Waals surface area contributed by atoms with E-state index < -0.39 is 15.7 Å². The van der Waals surface area contributed by atoms with Crippen molar-refractivity contribution in [3.8, 4) is 6.07 Å². The molecule has 1 rings (SSSR count). The Morgan fingerprint density at radius 2 is 2.05 bits per heavy atom. The van der Waals surface area contributed by atoms with E-state index in [-0.39, 0.29) is 30.3 Å². The second kappa shape index (κ2) is 7.35. The standard InChI is InChI=1S/C12H13N3O4S/c1-14(8-2-7-13)12(16)9-20(19)11-5-3-10(4-6-11)15(17)18/h3-6H,2,8-9H2,1H3. The molecule has 0 aliphatic rings. The molecule has 0 fully saturated rings. The lowest BCUT2D eigenvalue weighted by Crippen LogP contribution is -2.31. The van der Waals surface area contributed by atoms with E-state index in [1.165, 1.54) is 36.2 Å². The summed E-state index contributed by atoms with van der Waals surface area (Å²) in [5.41, 5.74) is -0.0942. The topological polar surface area (TPSA) is 104 Å². The first kappa shape index (κ1) is 15.8. The van der Waals surface area contributed by atoms with Crippen molar-refractivity contribution in [2.75, 3.05) is 19.3 Å². The molecule has 0 radical (unpaired) electrons. The van der Waals surface area contributed by atoms with Crippen LogP contribution in [0.15, 0.2) is 29.2 Å². The van der Waals surface area contributed by atoms with Gasteiger partial charge in [0.25, 0.3) is 5.69 Å². The molecule has 0 N–H and O–H groups in total. The molecule has 0 spiro atoms. The van der Waals surface area contributed by atoms with Crippen LogP contribution in [0, 0.1) is 21.4 Å². The molecule has 0 saturated carbocycles. The van der Waals surface area contributed by atoms with Crippen LogP contribution in [0.4, 0.5) is 5.69 Å². The lowest BCUT2D eigenvalue weighted by atomic mass is 10.3. The summed E-state index contributed by atoms with van der Waals surface area (Å²) in [4.78, 5) is 23.4. The molecule has 7 nitrogen and oxygen atoms in total. The Kier molecular flexibility index (Phi) is 5.80. The van der Waals surface area contributed by atoms with E-state index in [1.54, 1.807) is 0 Å². The van der Waals surface area contributed by atoms with Gasteiger partial charge in [0.2, 0.25) is 5.91 Å². The van der Waals surface area contributed by atoms with Crippen molar-refractivity contribution in [1.82, 2.24) is 4.90 Å². The normalized spacial score (nSPS) is 11.4. The van der Waals surface area contributed by atoms with Crippen molar-refractivity contribution in [1.29, 1.82) is 5.26 Å². The molecule has 106 valence electrons. The summed E-state index contributed by atoms with van der Waals surface area (Å²) in [6, 6.07) is 7.16. The van der Waals surface area contributed by atoms with Gasteiger partial charge in [-0.15, -0.1) is 0 Å². The van der Waals surface area contributed by atoms with Crippen molar-refractivity contribution in [2.45, 2.75) is 11.3 Å². The average Bonchev–Trinajstić information content (AvgIpc) is 2.44. The number of benzene rings is 1. The third-order valence-corrected chi connectivity index (χ3v) is 3.86. The molecule has 0 aliphatic heterocycles. The minimum atomic E-state index is -1.56. The number of carbonyl (C=O) groups excluding carboxylic acids is 1. The van der Waals surface area contributed by atoms with E-state index in [9.17, 15) is 19.1 Å². The van der Waals surface area contributed by atoms with Crippen LogP contribution in [0.25, 0.3) is 0 Å².